The molecule has 0 bridgehead atoms. The Morgan fingerprint density at radius 1 is 1.21 bits per heavy atom. The van der Waals surface area contributed by atoms with Crippen LogP contribution in [0.3, 0.4) is 0 Å². The smallest absolute Gasteiger partial charge is 0.344 e. The summed E-state index contributed by atoms with van der Waals surface area (Å²) < 4.78 is 10.4. The molecule has 2 heterocycles. The molecule has 1 aliphatic rings. The first kappa shape index (κ1) is 11.6. The summed E-state index contributed by atoms with van der Waals surface area (Å²) in [5, 5.41) is 18.4. The Hall–Kier alpha value is -2.53. The highest BCUT2D eigenvalue weighted by Gasteiger charge is 2.27. The number of aliphatic hydroxyl groups is 1. The molecule has 0 amide bonds. The van der Waals surface area contributed by atoms with Gasteiger partial charge in [0.15, 0.2) is 0 Å². The van der Waals surface area contributed by atoms with Gasteiger partial charge in [0.2, 0.25) is 0 Å². The highest BCUT2D eigenvalue weighted by atomic mass is 16.5. The molecular formula is C14H10O5. The zero-order chi connectivity index (χ0) is 13.4. The summed E-state index contributed by atoms with van der Waals surface area (Å²) in [6.45, 7) is -0.203. The number of phenolic OH excluding ortho intramolecular Hbond substituents is 1. The van der Waals surface area contributed by atoms with Gasteiger partial charge in [-0.2, -0.15) is 0 Å². The van der Waals surface area contributed by atoms with Crippen LogP contribution in [0.4, 0.5) is 0 Å². The number of carbonyl (C=O) groups excluding carboxylic acids is 1. The molecule has 0 aliphatic carbocycles. The topological polar surface area (TPSA) is 79.9 Å². The third-order valence-corrected chi connectivity index (χ3v) is 2.80. The maximum absolute atomic E-state index is 11.8. The lowest BCUT2D eigenvalue weighted by atomic mass is 10.1. The van der Waals surface area contributed by atoms with E-state index in [1.54, 1.807) is 12.1 Å². The lowest BCUT2D eigenvalue weighted by molar-refractivity contribution is -0.126. The van der Waals surface area contributed by atoms with E-state index in [1.807, 2.05) is 0 Å². The minimum atomic E-state index is -0.498. The van der Waals surface area contributed by atoms with Gasteiger partial charge in [-0.05, 0) is 36.4 Å². The van der Waals surface area contributed by atoms with E-state index in [0.29, 0.717) is 28.4 Å². The lowest BCUT2D eigenvalue weighted by Gasteiger charge is -1.96. The summed E-state index contributed by atoms with van der Waals surface area (Å²) in [6, 6.07) is 7.71. The van der Waals surface area contributed by atoms with Gasteiger partial charge in [-0.25, -0.2) is 4.79 Å². The fourth-order valence-electron chi connectivity index (χ4n) is 1.92. The second-order valence-electron chi connectivity index (χ2n) is 4.09. The minimum absolute atomic E-state index is 0.0541. The van der Waals surface area contributed by atoms with E-state index in [-0.39, 0.29) is 12.4 Å². The number of esters is 1. The highest BCUT2D eigenvalue weighted by Crippen LogP contribution is 2.37. The van der Waals surface area contributed by atoms with Crippen molar-refractivity contribution in [1.82, 2.24) is 0 Å². The zero-order valence-electron chi connectivity index (χ0n) is 9.79. The molecule has 2 N–H and O–H groups in total. The SMILES string of the molecule is O=C1Oc2ccc(O)cc2/C1=C\c1ccc(CO)o1. The molecule has 1 aromatic heterocycles. The van der Waals surface area contributed by atoms with Crippen LogP contribution in [0.2, 0.25) is 0 Å². The van der Waals surface area contributed by atoms with Crippen LogP contribution >= 0.6 is 0 Å². The summed E-state index contributed by atoms with van der Waals surface area (Å²) in [6.07, 6.45) is 1.52. The summed E-state index contributed by atoms with van der Waals surface area (Å²) in [5.74, 6) is 0.811. The molecule has 19 heavy (non-hydrogen) atoms. The van der Waals surface area contributed by atoms with Crippen molar-refractivity contribution in [2.75, 3.05) is 0 Å². The van der Waals surface area contributed by atoms with Gasteiger partial charge in [0.05, 0.1) is 5.57 Å². The van der Waals surface area contributed by atoms with Gasteiger partial charge in [0, 0.05) is 5.56 Å². The van der Waals surface area contributed by atoms with Gasteiger partial charge in [-0.1, -0.05) is 0 Å². The van der Waals surface area contributed by atoms with Crippen molar-refractivity contribution in [3.63, 3.8) is 0 Å². The maximum atomic E-state index is 11.8. The number of fused-ring (bicyclic) bond motifs is 1. The van der Waals surface area contributed by atoms with Crippen LogP contribution < -0.4 is 4.74 Å². The molecule has 0 radical (unpaired) electrons. The Kier molecular flexibility index (Phi) is 2.61. The molecule has 0 saturated carbocycles. The Morgan fingerprint density at radius 2 is 2.05 bits per heavy atom. The van der Waals surface area contributed by atoms with Crippen LogP contribution in [0.15, 0.2) is 34.7 Å². The molecule has 1 aromatic carbocycles. The van der Waals surface area contributed by atoms with E-state index >= 15 is 0 Å². The van der Waals surface area contributed by atoms with Crippen molar-refractivity contribution in [2.45, 2.75) is 6.61 Å². The number of aromatic hydroxyl groups is 1. The lowest BCUT2D eigenvalue weighted by Crippen LogP contribution is -2.00. The van der Waals surface area contributed by atoms with Crippen LogP contribution in [-0.2, 0) is 11.4 Å². The van der Waals surface area contributed by atoms with Crippen molar-refractivity contribution in [3.05, 3.63) is 47.4 Å². The maximum Gasteiger partial charge on any atom is 0.344 e. The molecule has 96 valence electrons. The van der Waals surface area contributed by atoms with E-state index in [9.17, 15) is 9.90 Å². The van der Waals surface area contributed by atoms with Crippen molar-refractivity contribution < 1.29 is 24.2 Å². The predicted octanol–water partition coefficient (Wildman–Crippen LogP) is 1.94. The van der Waals surface area contributed by atoms with E-state index in [1.165, 1.54) is 24.3 Å². The average molecular weight is 258 g/mol. The average Bonchev–Trinajstić information content (AvgIpc) is 2.96. The summed E-state index contributed by atoms with van der Waals surface area (Å²) in [5.41, 5.74) is 0.830. The third-order valence-electron chi connectivity index (χ3n) is 2.80. The molecule has 0 fully saturated rings. The molecule has 0 spiro atoms. The monoisotopic (exact) mass is 258 g/mol. The molecule has 3 rings (SSSR count). The number of carbonyl (C=O) groups is 1. The predicted molar refractivity (Wildman–Crippen MR) is 66.2 cm³/mol. The molecule has 5 heteroatoms. The number of phenols is 1. The van der Waals surface area contributed by atoms with Gasteiger partial charge < -0.3 is 19.4 Å². The molecule has 1 aliphatic heterocycles. The van der Waals surface area contributed by atoms with Crippen molar-refractivity contribution >= 4 is 17.6 Å². The van der Waals surface area contributed by atoms with E-state index in [2.05, 4.69) is 0 Å². The number of rotatable bonds is 2. The largest absolute Gasteiger partial charge is 0.508 e. The van der Waals surface area contributed by atoms with E-state index in [4.69, 9.17) is 14.3 Å². The first-order chi connectivity index (χ1) is 9.17. The molecule has 0 unspecified atom stereocenters. The van der Waals surface area contributed by atoms with Crippen LogP contribution in [-0.4, -0.2) is 16.2 Å². The Bertz CT molecular complexity index is 681. The third kappa shape index (κ3) is 2.00. The van der Waals surface area contributed by atoms with Gasteiger partial charge in [0.25, 0.3) is 0 Å². The van der Waals surface area contributed by atoms with Crippen molar-refractivity contribution in [3.8, 4) is 11.5 Å². The summed E-state index contributed by atoms with van der Waals surface area (Å²) >= 11 is 0. The highest BCUT2D eigenvalue weighted by molar-refractivity contribution is 6.25. The molecule has 2 aromatic rings. The Labute approximate surface area is 108 Å². The van der Waals surface area contributed by atoms with Crippen LogP contribution in [0.5, 0.6) is 11.5 Å². The second-order valence-corrected chi connectivity index (χ2v) is 4.09. The van der Waals surface area contributed by atoms with Gasteiger partial charge in [-0.3, -0.25) is 0 Å². The summed E-state index contributed by atoms with van der Waals surface area (Å²) in [7, 11) is 0. The number of ether oxygens (including phenoxy) is 1. The van der Waals surface area contributed by atoms with Crippen molar-refractivity contribution in [2.24, 2.45) is 0 Å². The second kappa shape index (κ2) is 4.29. The molecule has 0 saturated heterocycles. The van der Waals surface area contributed by atoms with Crippen LogP contribution in [0.1, 0.15) is 17.1 Å². The fourth-order valence-corrected chi connectivity index (χ4v) is 1.92. The number of aliphatic hydroxyl groups excluding tert-OH is 1. The van der Waals surface area contributed by atoms with Crippen LogP contribution in [0.25, 0.3) is 11.6 Å². The zero-order valence-corrected chi connectivity index (χ0v) is 9.79. The Morgan fingerprint density at radius 3 is 2.79 bits per heavy atom. The Balaban J connectivity index is 2.06. The van der Waals surface area contributed by atoms with Crippen molar-refractivity contribution in [1.29, 1.82) is 0 Å². The minimum Gasteiger partial charge on any atom is -0.508 e. The summed E-state index contributed by atoms with van der Waals surface area (Å²) in [4.78, 5) is 11.8. The van der Waals surface area contributed by atoms with E-state index in [0.717, 1.165) is 0 Å². The molecule has 0 atom stereocenters. The van der Waals surface area contributed by atoms with Crippen LogP contribution in [0, 0.1) is 0 Å². The first-order valence-corrected chi connectivity index (χ1v) is 5.64. The fraction of sp³-hybridized carbons (Fsp3) is 0.0714. The molecule has 5 nitrogen and oxygen atoms in total. The number of benzene rings is 1. The number of furan rings is 1. The van der Waals surface area contributed by atoms with Gasteiger partial charge in [0.1, 0.15) is 29.6 Å². The molecular weight excluding hydrogens is 248 g/mol. The van der Waals surface area contributed by atoms with Gasteiger partial charge >= 0.3 is 5.97 Å². The number of hydrogen-bond donors (Lipinski definition) is 2. The normalized spacial score (nSPS) is 15.6. The number of hydrogen-bond acceptors (Lipinski definition) is 5. The van der Waals surface area contributed by atoms with E-state index < -0.39 is 5.97 Å². The first-order valence-electron chi connectivity index (χ1n) is 5.64. The quantitative estimate of drug-likeness (QED) is 0.489. The standard InChI is InChI=1S/C14H10O5/c15-7-10-3-2-9(18-10)6-12-11-5-8(16)1-4-13(11)19-14(12)17/h1-6,15-16H,7H2/b12-6+. The van der Waals surface area contributed by atoms with Gasteiger partial charge in [-0.15, -0.1) is 0 Å².